The average Bonchev–Trinajstić information content (AvgIpc) is 3.44. The van der Waals surface area contributed by atoms with Crippen LogP contribution in [0.1, 0.15) is 17.2 Å². The summed E-state index contributed by atoms with van der Waals surface area (Å²) in [5.41, 5.74) is 2.63. The van der Waals surface area contributed by atoms with Crippen molar-refractivity contribution in [3.05, 3.63) is 59.3 Å². The van der Waals surface area contributed by atoms with Gasteiger partial charge in [-0.2, -0.15) is 4.98 Å². The van der Waals surface area contributed by atoms with Crippen molar-refractivity contribution in [3.8, 4) is 34.1 Å². The first kappa shape index (κ1) is 21.5. The zero-order valence-electron chi connectivity index (χ0n) is 17.9. The van der Waals surface area contributed by atoms with Crippen LogP contribution in [-0.4, -0.2) is 35.3 Å². The van der Waals surface area contributed by atoms with Crippen LogP contribution in [0.25, 0.3) is 22.6 Å². The number of nitrogens with zero attached hydrogens (tertiary/aromatic N) is 3. The van der Waals surface area contributed by atoms with Crippen molar-refractivity contribution in [3.63, 3.8) is 0 Å². The monoisotopic (exact) mass is 450 g/mol. The predicted molar refractivity (Wildman–Crippen MR) is 122 cm³/mol. The molecule has 2 heterocycles. The van der Waals surface area contributed by atoms with Gasteiger partial charge in [0.1, 0.15) is 11.5 Å². The van der Waals surface area contributed by atoms with E-state index in [1.165, 1.54) is 11.3 Å². The lowest BCUT2D eigenvalue weighted by atomic mass is 10.1. The van der Waals surface area contributed by atoms with E-state index in [-0.39, 0.29) is 12.3 Å². The maximum absolute atomic E-state index is 12.4. The lowest BCUT2D eigenvalue weighted by molar-refractivity contribution is -0.116. The summed E-state index contributed by atoms with van der Waals surface area (Å²) in [7, 11) is 3.24. The van der Waals surface area contributed by atoms with E-state index in [4.69, 9.17) is 14.0 Å². The Morgan fingerprint density at radius 2 is 1.59 bits per heavy atom. The summed E-state index contributed by atoms with van der Waals surface area (Å²) >= 11 is 1.44. The van der Waals surface area contributed by atoms with Gasteiger partial charge in [-0.25, -0.2) is 4.98 Å². The molecule has 0 aliphatic carbocycles. The molecule has 0 unspecified atom stereocenters. The summed E-state index contributed by atoms with van der Waals surface area (Å²) < 4.78 is 15.6. The molecule has 2 aromatic heterocycles. The van der Waals surface area contributed by atoms with Gasteiger partial charge < -0.3 is 19.3 Å². The van der Waals surface area contributed by atoms with Crippen molar-refractivity contribution >= 4 is 22.4 Å². The molecule has 0 saturated carbocycles. The number of carbonyl (C=O) groups is 1. The van der Waals surface area contributed by atoms with E-state index < -0.39 is 0 Å². The Labute approximate surface area is 189 Å². The minimum Gasteiger partial charge on any atom is -0.497 e. The van der Waals surface area contributed by atoms with Crippen LogP contribution >= 0.6 is 11.3 Å². The molecule has 0 spiro atoms. The number of hydrogen-bond donors (Lipinski definition) is 1. The van der Waals surface area contributed by atoms with Crippen LogP contribution in [0.4, 0.5) is 5.13 Å². The topological polar surface area (TPSA) is 99.4 Å². The van der Waals surface area contributed by atoms with Gasteiger partial charge >= 0.3 is 0 Å². The Morgan fingerprint density at radius 1 is 0.969 bits per heavy atom. The Morgan fingerprint density at radius 3 is 2.22 bits per heavy atom. The van der Waals surface area contributed by atoms with Crippen LogP contribution in [0.3, 0.4) is 0 Å². The highest BCUT2D eigenvalue weighted by Crippen LogP contribution is 2.31. The molecule has 0 atom stereocenters. The summed E-state index contributed by atoms with van der Waals surface area (Å²) in [5.74, 6) is 2.25. The highest BCUT2D eigenvalue weighted by molar-refractivity contribution is 7.16. The molecule has 8 nitrogen and oxygen atoms in total. The summed E-state index contributed by atoms with van der Waals surface area (Å²) in [4.78, 5) is 22.4. The van der Waals surface area contributed by atoms with E-state index in [2.05, 4.69) is 20.4 Å². The van der Waals surface area contributed by atoms with Gasteiger partial charge in [-0.1, -0.05) is 5.16 Å². The second kappa shape index (κ2) is 9.61. The number of aromatic nitrogens is 3. The zero-order valence-corrected chi connectivity index (χ0v) is 18.7. The first-order valence-corrected chi connectivity index (χ1v) is 10.8. The van der Waals surface area contributed by atoms with Crippen molar-refractivity contribution < 1.29 is 18.8 Å². The SMILES string of the molecule is COc1ccc(-c2noc(CCC(=O)Nc3nc(-c4ccc(OC)cc4)c(C)s3)n2)cc1. The Kier molecular flexibility index (Phi) is 6.46. The van der Waals surface area contributed by atoms with Gasteiger partial charge in [0, 0.05) is 28.8 Å². The molecule has 0 fully saturated rings. The lowest BCUT2D eigenvalue weighted by Gasteiger charge is -2.02. The molecule has 0 bridgehead atoms. The van der Waals surface area contributed by atoms with E-state index in [1.807, 2.05) is 55.5 Å². The minimum atomic E-state index is -0.163. The third-order valence-corrected chi connectivity index (χ3v) is 5.67. The number of ether oxygens (including phenoxy) is 2. The third kappa shape index (κ3) is 4.94. The molecule has 4 rings (SSSR count). The highest BCUT2D eigenvalue weighted by Gasteiger charge is 2.14. The standard InChI is InChI=1S/C23H22N4O4S/c1-14-21(15-4-8-17(29-2)9-5-15)26-23(32-14)24-19(28)12-13-20-25-22(27-31-20)16-6-10-18(30-3)11-7-16/h4-11H,12-13H2,1-3H3,(H,24,26,28). The number of methoxy groups -OCH3 is 2. The second-order valence-electron chi connectivity index (χ2n) is 6.94. The first-order valence-electron chi connectivity index (χ1n) is 9.94. The molecule has 4 aromatic rings. The highest BCUT2D eigenvalue weighted by atomic mass is 32.1. The molecule has 9 heteroatoms. The predicted octanol–water partition coefficient (Wildman–Crippen LogP) is 4.76. The normalized spacial score (nSPS) is 10.7. The Hall–Kier alpha value is -3.72. The summed E-state index contributed by atoms with van der Waals surface area (Å²) in [6.07, 6.45) is 0.547. The van der Waals surface area contributed by atoms with Crippen LogP contribution < -0.4 is 14.8 Å². The fourth-order valence-corrected chi connectivity index (χ4v) is 3.93. The summed E-state index contributed by atoms with van der Waals surface area (Å²) in [5, 5.41) is 7.40. The fourth-order valence-electron chi connectivity index (χ4n) is 3.08. The van der Waals surface area contributed by atoms with Gasteiger partial charge in [0.15, 0.2) is 5.13 Å². The van der Waals surface area contributed by atoms with E-state index >= 15 is 0 Å². The number of carbonyl (C=O) groups excluding carboxylic acids is 1. The molecule has 0 radical (unpaired) electrons. The fraction of sp³-hybridized carbons (Fsp3) is 0.217. The summed E-state index contributed by atoms with van der Waals surface area (Å²) in [6, 6.07) is 15.0. The van der Waals surface area contributed by atoms with Crippen molar-refractivity contribution in [1.82, 2.24) is 15.1 Å². The number of rotatable bonds is 8. The second-order valence-corrected chi connectivity index (χ2v) is 8.14. The number of nitrogens with one attached hydrogen (secondary N) is 1. The number of hydrogen-bond acceptors (Lipinski definition) is 8. The van der Waals surface area contributed by atoms with Crippen LogP contribution in [0, 0.1) is 6.92 Å². The van der Waals surface area contributed by atoms with Crippen LogP contribution in [0.2, 0.25) is 0 Å². The molecule has 1 N–H and O–H groups in total. The quantitative estimate of drug-likeness (QED) is 0.413. The van der Waals surface area contributed by atoms with Gasteiger partial charge in [0.25, 0.3) is 0 Å². The molecule has 0 saturated heterocycles. The molecular weight excluding hydrogens is 428 g/mol. The average molecular weight is 451 g/mol. The maximum atomic E-state index is 12.4. The van der Waals surface area contributed by atoms with Crippen molar-refractivity contribution in [1.29, 1.82) is 0 Å². The molecular formula is C23H22N4O4S. The van der Waals surface area contributed by atoms with Crippen LogP contribution in [-0.2, 0) is 11.2 Å². The van der Waals surface area contributed by atoms with Crippen LogP contribution in [0.5, 0.6) is 11.5 Å². The maximum Gasteiger partial charge on any atom is 0.227 e. The lowest BCUT2D eigenvalue weighted by Crippen LogP contribution is -2.12. The van der Waals surface area contributed by atoms with Gasteiger partial charge in [-0.05, 0) is 55.5 Å². The molecule has 164 valence electrons. The molecule has 2 aromatic carbocycles. The number of aryl methyl sites for hydroxylation is 2. The smallest absolute Gasteiger partial charge is 0.227 e. The Balaban J connectivity index is 1.35. The van der Waals surface area contributed by atoms with E-state index in [9.17, 15) is 4.79 Å². The van der Waals surface area contributed by atoms with Gasteiger partial charge in [-0.3, -0.25) is 4.79 Å². The van der Waals surface area contributed by atoms with Crippen molar-refractivity contribution in [2.75, 3.05) is 19.5 Å². The van der Waals surface area contributed by atoms with Crippen LogP contribution in [0.15, 0.2) is 53.1 Å². The Bertz CT molecular complexity index is 1200. The number of anilines is 1. The largest absolute Gasteiger partial charge is 0.497 e. The zero-order chi connectivity index (χ0) is 22.5. The van der Waals surface area contributed by atoms with Gasteiger partial charge in [-0.15, -0.1) is 11.3 Å². The molecule has 1 amide bonds. The minimum absolute atomic E-state index is 0.163. The first-order chi connectivity index (χ1) is 15.6. The summed E-state index contributed by atoms with van der Waals surface area (Å²) in [6.45, 7) is 1.98. The van der Waals surface area contributed by atoms with E-state index in [0.717, 1.165) is 33.2 Å². The van der Waals surface area contributed by atoms with E-state index in [1.54, 1.807) is 14.2 Å². The number of amides is 1. The van der Waals surface area contributed by atoms with Gasteiger partial charge in [0.05, 0.1) is 19.9 Å². The molecule has 0 aliphatic heterocycles. The third-order valence-electron chi connectivity index (χ3n) is 4.79. The number of benzene rings is 2. The van der Waals surface area contributed by atoms with E-state index in [0.29, 0.717) is 23.3 Å². The number of thiazole rings is 1. The van der Waals surface area contributed by atoms with Gasteiger partial charge in [0.2, 0.25) is 17.6 Å². The molecule has 32 heavy (non-hydrogen) atoms. The molecule has 0 aliphatic rings. The van der Waals surface area contributed by atoms with Crippen molar-refractivity contribution in [2.24, 2.45) is 0 Å². The van der Waals surface area contributed by atoms with Crippen molar-refractivity contribution in [2.45, 2.75) is 19.8 Å².